The zero-order valence-electron chi connectivity index (χ0n) is 30.7. The molecule has 2 N–H and O–H groups in total. The molecule has 11 rings (SSSR count). The summed E-state index contributed by atoms with van der Waals surface area (Å²) in [5, 5.41) is 12.1. The van der Waals surface area contributed by atoms with Crippen molar-refractivity contribution in [2.24, 2.45) is 4.99 Å². The Labute approximate surface area is 324 Å². The molecule has 0 saturated carbocycles. The van der Waals surface area contributed by atoms with E-state index in [1.54, 1.807) is 0 Å². The number of rotatable bonds is 6. The third kappa shape index (κ3) is 5.64. The number of nitrogens with one attached hydrogen (secondary N) is 2. The van der Waals surface area contributed by atoms with Gasteiger partial charge in [-0.05, 0) is 101 Å². The summed E-state index contributed by atoms with van der Waals surface area (Å²) in [5.74, 6) is 0.829. The Bertz CT molecular complexity index is 3040. The quantitative estimate of drug-likeness (QED) is 0.180. The third-order valence-electron chi connectivity index (χ3n) is 11.4. The van der Waals surface area contributed by atoms with Gasteiger partial charge in [-0.1, -0.05) is 127 Å². The number of para-hydroxylation sites is 1. The van der Waals surface area contributed by atoms with E-state index < -0.39 is 0 Å². The van der Waals surface area contributed by atoms with Crippen LogP contribution >= 0.6 is 0 Å². The fourth-order valence-electron chi connectivity index (χ4n) is 8.55. The molecule has 0 saturated heterocycles. The van der Waals surface area contributed by atoms with E-state index in [1.165, 1.54) is 32.9 Å². The molecule has 7 aromatic carbocycles. The molecule has 1 aliphatic heterocycles. The molecule has 1 aliphatic carbocycles. The highest BCUT2D eigenvalue weighted by Crippen LogP contribution is 2.38. The number of hydrogen-bond acceptors (Lipinski definition) is 4. The van der Waals surface area contributed by atoms with Gasteiger partial charge < -0.3 is 14.3 Å². The maximum absolute atomic E-state index is 6.64. The second-order valence-corrected chi connectivity index (χ2v) is 14.8. The first-order chi connectivity index (χ1) is 27.7. The standard InChI is InChI=1S/C51H38N4O/c1-4-13-33(14-5-1)37-25-28-46-44(30-37)41-21-10-11-22-45(41)55(46)40-20-12-19-36(29-40)38-23-26-42-43-27-24-39(32-48(43)56-47(42)31-38)51-53-49(34-15-6-2-7-16-34)52-50(54-51)35-17-8-3-9-18-35/h1-4,6-13,15-32,49-50,52H,5,14H2,(H,53,54). The van der Waals surface area contributed by atoms with Crippen molar-refractivity contribution in [3.05, 3.63) is 204 Å². The average Bonchev–Trinajstić information content (AvgIpc) is 3.82. The van der Waals surface area contributed by atoms with E-state index >= 15 is 0 Å². The molecule has 0 amide bonds. The minimum atomic E-state index is -0.195. The third-order valence-corrected chi connectivity index (χ3v) is 11.4. The van der Waals surface area contributed by atoms with Crippen molar-refractivity contribution < 1.29 is 4.42 Å². The number of hydrogen-bond donors (Lipinski definition) is 2. The molecular weight excluding hydrogens is 685 g/mol. The molecule has 2 aromatic heterocycles. The Balaban J connectivity index is 0.956. The van der Waals surface area contributed by atoms with Crippen LogP contribution in [0.5, 0.6) is 0 Å². The van der Waals surface area contributed by atoms with Crippen LogP contribution < -0.4 is 10.6 Å². The number of nitrogens with zero attached hydrogens (tertiary/aromatic N) is 2. The molecule has 2 aliphatic rings. The number of aliphatic imine (C=N–C) groups is 1. The average molecular weight is 723 g/mol. The minimum absolute atomic E-state index is 0.101. The van der Waals surface area contributed by atoms with Gasteiger partial charge in [0.1, 0.15) is 29.3 Å². The van der Waals surface area contributed by atoms with Gasteiger partial charge in [0.2, 0.25) is 0 Å². The molecule has 9 aromatic rings. The van der Waals surface area contributed by atoms with E-state index in [4.69, 9.17) is 9.41 Å². The van der Waals surface area contributed by atoms with Crippen LogP contribution in [0.3, 0.4) is 0 Å². The summed E-state index contributed by atoms with van der Waals surface area (Å²) in [6.07, 6.45) is 8.56. The van der Waals surface area contributed by atoms with Crippen molar-refractivity contribution in [2.45, 2.75) is 25.2 Å². The van der Waals surface area contributed by atoms with Gasteiger partial charge in [-0.25, -0.2) is 4.99 Å². The van der Waals surface area contributed by atoms with Gasteiger partial charge in [0.05, 0.1) is 11.0 Å². The van der Waals surface area contributed by atoms with Crippen LogP contribution in [-0.4, -0.2) is 10.4 Å². The largest absolute Gasteiger partial charge is 0.456 e. The predicted molar refractivity (Wildman–Crippen MR) is 231 cm³/mol. The second kappa shape index (κ2) is 13.4. The van der Waals surface area contributed by atoms with Crippen molar-refractivity contribution in [2.75, 3.05) is 0 Å². The van der Waals surface area contributed by atoms with Gasteiger partial charge in [0.15, 0.2) is 0 Å². The second-order valence-electron chi connectivity index (χ2n) is 14.8. The number of aromatic nitrogens is 1. The lowest BCUT2D eigenvalue weighted by Crippen LogP contribution is -2.44. The Morgan fingerprint density at radius 3 is 2.05 bits per heavy atom. The Hall–Kier alpha value is -6.95. The normalized spacial score (nSPS) is 17.0. The zero-order chi connectivity index (χ0) is 37.0. The molecular formula is C51H38N4O. The van der Waals surface area contributed by atoms with Crippen molar-refractivity contribution >= 4 is 55.2 Å². The fraction of sp³-hybridized carbons (Fsp3) is 0.0784. The van der Waals surface area contributed by atoms with Gasteiger partial charge in [0, 0.05) is 32.8 Å². The van der Waals surface area contributed by atoms with Crippen molar-refractivity contribution in [1.29, 1.82) is 0 Å². The number of allylic oxidation sites excluding steroid dienone is 4. The summed E-state index contributed by atoms with van der Waals surface area (Å²) >= 11 is 0. The Morgan fingerprint density at radius 1 is 0.554 bits per heavy atom. The minimum Gasteiger partial charge on any atom is -0.456 e. The van der Waals surface area contributed by atoms with Gasteiger partial charge in [-0.15, -0.1) is 0 Å². The lowest BCUT2D eigenvalue weighted by atomic mass is 9.96. The van der Waals surface area contributed by atoms with Gasteiger partial charge in [-0.3, -0.25) is 5.32 Å². The highest BCUT2D eigenvalue weighted by molar-refractivity contribution is 6.11. The summed E-state index contributed by atoms with van der Waals surface area (Å²) < 4.78 is 9.04. The van der Waals surface area contributed by atoms with Crippen molar-refractivity contribution in [3.63, 3.8) is 0 Å². The molecule has 0 bridgehead atoms. The maximum atomic E-state index is 6.64. The van der Waals surface area contributed by atoms with E-state index in [2.05, 4.69) is 185 Å². The summed E-state index contributed by atoms with van der Waals surface area (Å²) in [6, 6.07) is 58.4. The van der Waals surface area contributed by atoms with Gasteiger partial charge in [0.25, 0.3) is 0 Å². The smallest absolute Gasteiger partial charge is 0.136 e. The topological polar surface area (TPSA) is 54.5 Å². The van der Waals surface area contributed by atoms with Crippen LogP contribution in [0.25, 0.3) is 66.1 Å². The maximum Gasteiger partial charge on any atom is 0.136 e. The fourth-order valence-corrected chi connectivity index (χ4v) is 8.55. The Kier molecular flexibility index (Phi) is 7.78. The first-order valence-corrected chi connectivity index (χ1v) is 19.4. The number of benzene rings is 7. The van der Waals surface area contributed by atoms with Crippen LogP contribution in [0.15, 0.2) is 191 Å². The molecule has 3 heterocycles. The zero-order valence-corrected chi connectivity index (χ0v) is 30.7. The molecule has 268 valence electrons. The number of amidine groups is 1. The summed E-state index contributed by atoms with van der Waals surface area (Å²) in [4.78, 5) is 5.15. The molecule has 2 unspecified atom stereocenters. The van der Waals surface area contributed by atoms with E-state index in [0.29, 0.717) is 0 Å². The molecule has 0 radical (unpaired) electrons. The first kappa shape index (κ1) is 32.5. The van der Waals surface area contributed by atoms with E-state index in [0.717, 1.165) is 74.1 Å². The highest BCUT2D eigenvalue weighted by Gasteiger charge is 2.26. The monoisotopic (exact) mass is 722 g/mol. The number of furan rings is 1. The van der Waals surface area contributed by atoms with Crippen LogP contribution in [0, 0.1) is 0 Å². The van der Waals surface area contributed by atoms with Crippen LogP contribution in [-0.2, 0) is 0 Å². The van der Waals surface area contributed by atoms with Crippen molar-refractivity contribution in [1.82, 2.24) is 15.2 Å². The van der Waals surface area contributed by atoms with Crippen molar-refractivity contribution in [3.8, 4) is 16.8 Å². The summed E-state index contributed by atoms with van der Waals surface area (Å²) in [6.45, 7) is 0. The van der Waals surface area contributed by atoms with E-state index in [9.17, 15) is 0 Å². The van der Waals surface area contributed by atoms with Crippen LogP contribution in [0.4, 0.5) is 0 Å². The molecule has 56 heavy (non-hydrogen) atoms. The van der Waals surface area contributed by atoms with Gasteiger partial charge in [-0.2, -0.15) is 0 Å². The molecule has 5 nitrogen and oxygen atoms in total. The lowest BCUT2D eigenvalue weighted by molar-refractivity contribution is 0.409. The molecule has 0 spiro atoms. The van der Waals surface area contributed by atoms with Crippen LogP contribution in [0.2, 0.25) is 0 Å². The van der Waals surface area contributed by atoms with Crippen LogP contribution in [0.1, 0.15) is 47.4 Å². The molecule has 2 atom stereocenters. The molecule has 0 fully saturated rings. The van der Waals surface area contributed by atoms with Gasteiger partial charge >= 0.3 is 0 Å². The van der Waals surface area contributed by atoms with E-state index in [-0.39, 0.29) is 12.3 Å². The first-order valence-electron chi connectivity index (χ1n) is 19.4. The Morgan fingerprint density at radius 2 is 1.25 bits per heavy atom. The summed E-state index contributed by atoms with van der Waals surface area (Å²) in [5.41, 5.74) is 13.5. The lowest BCUT2D eigenvalue weighted by Gasteiger charge is -2.32. The summed E-state index contributed by atoms with van der Waals surface area (Å²) in [7, 11) is 0. The molecule has 5 heteroatoms. The SMILES string of the molecule is C1=CCCC(c2ccc3c(c2)c2ccccc2n3-c2cccc(-c3ccc4c(c3)oc3cc(C5=NC(c6ccccc6)NC(c6ccccc6)N5)ccc34)c2)=C1. The highest BCUT2D eigenvalue weighted by atomic mass is 16.3. The number of fused-ring (bicyclic) bond motifs is 6. The predicted octanol–water partition coefficient (Wildman–Crippen LogP) is 12.4. The van der Waals surface area contributed by atoms with E-state index in [1.807, 2.05) is 12.1 Å².